The molecule has 1 aliphatic rings. The first-order chi connectivity index (χ1) is 9.74. The van der Waals surface area contributed by atoms with Crippen LogP contribution in [0.4, 0.5) is 0 Å². The molecule has 104 valence electrons. The standard InChI is InChI=1S/C17H17BrClN/c18-16-10-14(19)9-8-13(16)11-20-17-7-3-5-12-4-1-2-6-15(12)17/h1-2,4,6,8-10,17,20H,3,5,7,11H2. The van der Waals surface area contributed by atoms with Crippen molar-refractivity contribution >= 4 is 27.5 Å². The maximum absolute atomic E-state index is 5.98. The zero-order valence-corrected chi connectivity index (χ0v) is 13.5. The summed E-state index contributed by atoms with van der Waals surface area (Å²) in [7, 11) is 0. The highest BCUT2D eigenvalue weighted by atomic mass is 79.9. The van der Waals surface area contributed by atoms with Crippen LogP contribution < -0.4 is 5.32 Å². The van der Waals surface area contributed by atoms with Crippen LogP contribution in [0.5, 0.6) is 0 Å². The van der Waals surface area contributed by atoms with E-state index >= 15 is 0 Å². The minimum Gasteiger partial charge on any atom is -0.306 e. The molecule has 0 bridgehead atoms. The van der Waals surface area contributed by atoms with Crippen molar-refractivity contribution in [2.45, 2.75) is 31.8 Å². The molecule has 0 heterocycles. The molecular weight excluding hydrogens is 334 g/mol. The number of fused-ring (bicyclic) bond motifs is 1. The number of rotatable bonds is 3. The molecule has 0 saturated carbocycles. The Morgan fingerprint density at radius 3 is 2.90 bits per heavy atom. The van der Waals surface area contributed by atoms with Gasteiger partial charge in [0.25, 0.3) is 0 Å². The fourth-order valence-electron chi connectivity index (χ4n) is 2.86. The molecule has 3 rings (SSSR count). The summed E-state index contributed by atoms with van der Waals surface area (Å²) in [4.78, 5) is 0. The summed E-state index contributed by atoms with van der Waals surface area (Å²) in [6.45, 7) is 0.858. The normalized spacial score (nSPS) is 17.8. The van der Waals surface area contributed by atoms with Crippen LogP contribution in [0.25, 0.3) is 0 Å². The number of halogens is 2. The van der Waals surface area contributed by atoms with Crippen LogP contribution in [-0.4, -0.2) is 0 Å². The highest BCUT2D eigenvalue weighted by molar-refractivity contribution is 9.10. The maximum Gasteiger partial charge on any atom is 0.0417 e. The van der Waals surface area contributed by atoms with Crippen LogP contribution in [0.3, 0.4) is 0 Å². The minimum atomic E-state index is 0.461. The Kier molecular flexibility index (Phi) is 4.45. The molecule has 0 fully saturated rings. The summed E-state index contributed by atoms with van der Waals surface area (Å²) in [5.41, 5.74) is 4.20. The Balaban J connectivity index is 1.73. The Labute approximate surface area is 133 Å². The van der Waals surface area contributed by atoms with Crippen molar-refractivity contribution in [1.29, 1.82) is 0 Å². The average molecular weight is 351 g/mol. The summed E-state index contributed by atoms with van der Waals surface area (Å²) < 4.78 is 1.07. The van der Waals surface area contributed by atoms with Gasteiger partial charge < -0.3 is 5.32 Å². The second-order valence-electron chi connectivity index (χ2n) is 5.26. The molecule has 1 unspecified atom stereocenters. The predicted molar refractivity (Wildman–Crippen MR) is 88.1 cm³/mol. The van der Waals surface area contributed by atoms with E-state index in [1.807, 2.05) is 12.1 Å². The number of aryl methyl sites for hydroxylation is 1. The van der Waals surface area contributed by atoms with Gasteiger partial charge in [-0.1, -0.05) is 57.9 Å². The maximum atomic E-state index is 5.98. The van der Waals surface area contributed by atoms with Crippen LogP contribution in [0.1, 0.15) is 35.6 Å². The van der Waals surface area contributed by atoms with Crippen LogP contribution in [0, 0.1) is 0 Å². The zero-order chi connectivity index (χ0) is 13.9. The number of hydrogen-bond donors (Lipinski definition) is 1. The molecule has 3 heteroatoms. The lowest BCUT2D eigenvalue weighted by Gasteiger charge is -2.26. The van der Waals surface area contributed by atoms with E-state index in [1.54, 1.807) is 0 Å². The highest BCUT2D eigenvalue weighted by Gasteiger charge is 2.19. The molecule has 1 aliphatic carbocycles. The van der Waals surface area contributed by atoms with Gasteiger partial charge in [0.15, 0.2) is 0 Å². The summed E-state index contributed by atoms with van der Waals surface area (Å²) in [5, 5.41) is 4.45. The average Bonchev–Trinajstić information content (AvgIpc) is 2.46. The van der Waals surface area contributed by atoms with Crippen LogP contribution in [0.15, 0.2) is 46.9 Å². The number of benzene rings is 2. The molecule has 0 aromatic heterocycles. The second-order valence-corrected chi connectivity index (χ2v) is 6.55. The first-order valence-electron chi connectivity index (χ1n) is 6.99. The van der Waals surface area contributed by atoms with Crippen LogP contribution in [-0.2, 0) is 13.0 Å². The van der Waals surface area contributed by atoms with Gasteiger partial charge in [-0.05, 0) is 48.1 Å². The topological polar surface area (TPSA) is 12.0 Å². The molecular formula is C17H17BrClN. The fourth-order valence-corrected chi connectivity index (χ4v) is 3.69. The van der Waals surface area contributed by atoms with E-state index < -0.39 is 0 Å². The van der Waals surface area contributed by atoms with Gasteiger partial charge in [-0.2, -0.15) is 0 Å². The SMILES string of the molecule is Clc1ccc(CNC2CCCc3ccccc32)c(Br)c1. The van der Waals surface area contributed by atoms with Crippen molar-refractivity contribution in [2.24, 2.45) is 0 Å². The lowest BCUT2D eigenvalue weighted by atomic mass is 9.87. The van der Waals surface area contributed by atoms with Gasteiger partial charge in [0.1, 0.15) is 0 Å². The molecule has 0 spiro atoms. The smallest absolute Gasteiger partial charge is 0.0417 e. The quantitative estimate of drug-likeness (QED) is 0.795. The molecule has 0 aliphatic heterocycles. The van der Waals surface area contributed by atoms with Crippen molar-refractivity contribution < 1.29 is 0 Å². The largest absolute Gasteiger partial charge is 0.306 e. The lowest BCUT2D eigenvalue weighted by Crippen LogP contribution is -2.24. The third-order valence-corrected chi connectivity index (χ3v) is 4.90. The first kappa shape index (κ1) is 14.1. The summed E-state index contributed by atoms with van der Waals surface area (Å²) in [5.74, 6) is 0. The zero-order valence-electron chi connectivity index (χ0n) is 11.2. The monoisotopic (exact) mass is 349 g/mol. The second kappa shape index (κ2) is 6.30. The van der Waals surface area contributed by atoms with Crippen molar-refractivity contribution in [2.75, 3.05) is 0 Å². The lowest BCUT2D eigenvalue weighted by molar-refractivity contribution is 0.459. The van der Waals surface area contributed by atoms with Crippen LogP contribution >= 0.6 is 27.5 Å². The summed E-state index contributed by atoms with van der Waals surface area (Å²) >= 11 is 9.56. The fraction of sp³-hybridized carbons (Fsp3) is 0.294. The molecule has 2 aromatic rings. The van der Waals surface area contributed by atoms with Gasteiger partial charge in [-0.25, -0.2) is 0 Å². The molecule has 0 radical (unpaired) electrons. The van der Waals surface area contributed by atoms with Gasteiger partial charge in [0.2, 0.25) is 0 Å². The van der Waals surface area contributed by atoms with Gasteiger partial charge in [0, 0.05) is 22.1 Å². The summed E-state index contributed by atoms with van der Waals surface area (Å²) in [6.07, 6.45) is 3.68. The van der Waals surface area contributed by atoms with E-state index in [0.717, 1.165) is 16.0 Å². The van der Waals surface area contributed by atoms with E-state index in [1.165, 1.54) is 36.0 Å². The highest BCUT2D eigenvalue weighted by Crippen LogP contribution is 2.30. The Morgan fingerprint density at radius 2 is 2.05 bits per heavy atom. The Hall–Kier alpha value is -0.830. The molecule has 0 amide bonds. The Morgan fingerprint density at radius 1 is 1.20 bits per heavy atom. The Bertz CT molecular complexity index is 612. The van der Waals surface area contributed by atoms with Crippen LogP contribution in [0.2, 0.25) is 5.02 Å². The number of nitrogens with one attached hydrogen (secondary N) is 1. The molecule has 1 nitrogen and oxygen atoms in total. The molecule has 0 saturated heterocycles. The van der Waals surface area contributed by atoms with Crippen molar-refractivity contribution in [3.63, 3.8) is 0 Å². The van der Waals surface area contributed by atoms with E-state index in [-0.39, 0.29) is 0 Å². The van der Waals surface area contributed by atoms with Crippen molar-refractivity contribution in [3.05, 3.63) is 68.7 Å². The molecule has 1 N–H and O–H groups in total. The third kappa shape index (κ3) is 3.08. The summed E-state index contributed by atoms with van der Waals surface area (Å²) in [6, 6.07) is 15.2. The van der Waals surface area contributed by atoms with Gasteiger partial charge >= 0.3 is 0 Å². The van der Waals surface area contributed by atoms with Gasteiger partial charge in [0.05, 0.1) is 0 Å². The van der Waals surface area contributed by atoms with E-state index in [4.69, 9.17) is 11.6 Å². The number of hydrogen-bond acceptors (Lipinski definition) is 1. The van der Waals surface area contributed by atoms with E-state index in [2.05, 4.69) is 51.6 Å². The molecule has 1 atom stereocenters. The van der Waals surface area contributed by atoms with Crippen molar-refractivity contribution in [1.82, 2.24) is 5.32 Å². The first-order valence-corrected chi connectivity index (χ1v) is 8.16. The molecule has 2 aromatic carbocycles. The van der Waals surface area contributed by atoms with Gasteiger partial charge in [-0.15, -0.1) is 0 Å². The van der Waals surface area contributed by atoms with E-state index in [9.17, 15) is 0 Å². The predicted octanol–water partition coefficient (Wildman–Crippen LogP) is 5.27. The molecule has 20 heavy (non-hydrogen) atoms. The van der Waals surface area contributed by atoms with E-state index in [0.29, 0.717) is 6.04 Å². The van der Waals surface area contributed by atoms with Crippen molar-refractivity contribution in [3.8, 4) is 0 Å². The third-order valence-electron chi connectivity index (χ3n) is 3.92. The minimum absolute atomic E-state index is 0.461. The van der Waals surface area contributed by atoms with Gasteiger partial charge in [-0.3, -0.25) is 0 Å².